The van der Waals surface area contributed by atoms with Crippen molar-refractivity contribution in [3.63, 3.8) is 0 Å². The molecule has 0 heterocycles. The Balaban J connectivity index is 2.83. The van der Waals surface area contributed by atoms with Crippen molar-refractivity contribution in [2.45, 2.75) is 39.2 Å². The number of nitrogens with one attached hydrogen (secondary N) is 1. The number of anilines is 1. The highest BCUT2D eigenvalue weighted by Gasteiger charge is 2.29. The van der Waals surface area contributed by atoms with Crippen molar-refractivity contribution >= 4 is 11.6 Å². The Morgan fingerprint density at radius 2 is 2.00 bits per heavy atom. The molecule has 0 aliphatic rings. The van der Waals surface area contributed by atoms with Gasteiger partial charge in [0.05, 0.1) is 12.1 Å². The fraction of sp³-hybridized carbons (Fsp3) is 0.500. The summed E-state index contributed by atoms with van der Waals surface area (Å²) < 4.78 is 18.7. The number of nitrogens with two attached hydrogens (primary N) is 1. The number of ether oxygens (including phenoxy) is 1. The molecule has 1 aromatic carbocycles. The predicted octanol–water partition coefficient (Wildman–Crippen LogP) is 2.68. The highest BCUT2D eigenvalue weighted by molar-refractivity contribution is 5.97. The maximum absolute atomic E-state index is 13.6. The van der Waals surface area contributed by atoms with Crippen LogP contribution in [0.5, 0.6) is 5.75 Å². The summed E-state index contributed by atoms with van der Waals surface area (Å²) in [6.07, 6.45) is 1.05. The van der Waals surface area contributed by atoms with Gasteiger partial charge in [-0.3, -0.25) is 4.79 Å². The van der Waals surface area contributed by atoms with Crippen molar-refractivity contribution in [1.82, 2.24) is 0 Å². The summed E-state index contributed by atoms with van der Waals surface area (Å²) in [7, 11) is 0. The van der Waals surface area contributed by atoms with Gasteiger partial charge in [0, 0.05) is 11.8 Å². The summed E-state index contributed by atoms with van der Waals surface area (Å²) >= 11 is 0. The number of halogens is 1. The van der Waals surface area contributed by atoms with Crippen molar-refractivity contribution in [3.05, 3.63) is 24.0 Å². The lowest BCUT2D eigenvalue weighted by Crippen LogP contribution is -2.50. The number of hydrogen-bond donors (Lipinski definition) is 2. The van der Waals surface area contributed by atoms with E-state index < -0.39 is 11.4 Å². The van der Waals surface area contributed by atoms with Gasteiger partial charge in [0.25, 0.3) is 0 Å². The molecular formula is C14H21FN2O2. The van der Waals surface area contributed by atoms with E-state index in [-0.39, 0.29) is 11.7 Å². The van der Waals surface area contributed by atoms with Crippen LogP contribution in [0.4, 0.5) is 10.1 Å². The third-order valence-corrected chi connectivity index (χ3v) is 3.20. The normalized spacial score (nSPS) is 11.2. The van der Waals surface area contributed by atoms with Crippen LogP contribution < -0.4 is 15.8 Å². The van der Waals surface area contributed by atoms with Crippen LogP contribution in [-0.2, 0) is 4.79 Å². The maximum Gasteiger partial charge on any atom is 0.244 e. The molecule has 0 aliphatic heterocycles. The van der Waals surface area contributed by atoms with Crippen LogP contribution in [0.1, 0.15) is 33.6 Å². The first-order valence-electron chi connectivity index (χ1n) is 6.49. The first-order valence-corrected chi connectivity index (χ1v) is 6.49. The van der Waals surface area contributed by atoms with Crippen LogP contribution in [0.3, 0.4) is 0 Å². The Morgan fingerprint density at radius 3 is 2.47 bits per heavy atom. The SMILES string of the molecule is CCOc1ccc(NC(=O)C(N)(CC)CC)cc1F. The van der Waals surface area contributed by atoms with Crippen molar-refractivity contribution in [2.24, 2.45) is 5.73 Å². The van der Waals surface area contributed by atoms with E-state index in [0.717, 1.165) is 0 Å². The zero-order chi connectivity index (χ0) is 14.5. The average Bonchev–Trinajstić information content (AvgIpc) is 2.41. The highest BCUT2D eigenvalue weighted by Crippen LogP contribution is 2.22. The van der Waals surface area contributed by atoms with Gasteiger partial charge in [0.2, 0.25) is 5.91 Å². The molecular weight excluding hydrogens is 247 g/mol. The summed E-state index contributed by atoms with van der Waals surface area (Å²) in [5.41, 5.74) is 5.43. The molecule has 0 radical (unpaired) electrons. The quantitative estimate of drug-likeness (QED) is 0.833. The number of carbonyl (C=O) groups is 1. The van der Waals surface area contributed by atoms with Crippen LogP contribution in [-0.4, -0.2) is 18.1 Å². The molecule has 0 saturated heterocycles. The Hall–Kier alpha value is -1.62. The minimum Gasteiger partial charge on any atom is -0.491 e. The van der Waals surface area contributed by atoms with Crippen LogP contribution in [0.2, 0.25) is 0 Å². The lowest BCUT2D eigenvalue weighted by Gasteiger charge is -2.25. The summed E-state index contributed by atoms with van der Waals surface area (Å²) in [5, 5.41) is 2.64. The van der Waals surface area contributed by atoms with E-state index in [0.29, 0.717) is 25.1 Å². The molecule has 0 unspecified atom stereocenters. The van der Waals surface area contributed by atoms with Crippen molar-refractivity contribution < 1.29 is 13.9 Å². The summed E-state index contributed by atoms with van der Waals surface area (Å²) in [5.74, 6) is -0.637. The molecule has 3 N–H and O–H groups in total. The Kier molecular flexibility index (Phi) is 5.30. The largest absolute Gasteiger partial charge is 0.491 e. The smallest absolute Gasteiger partial charge is 0.244 e. The standard InChI is InChI=1S/C14H21FN2O2/c1-4-14(16,5-2)13(18)17-10-7-8-12(19-6-3)11(15)9-10/h7-9H,4-6,16H2,1-3H3,(H,17,18). The zero-order valence-corrected chi connectivity index (χ0v) is 11.6. The molecule has 106 valence electrons. The van der Waals surface area contributed by atoms with Gasteiger partial charge >= 0.3 is 0 Å². The lowest BCUT2D eigenvalue weighted by molar-refractivity contribution is -0.121. The highest BCUT2D eigenvalue weighted by atomic mass is 19.1. The minimum absolute atomic E-state index is 0.172. The minimum atomic E-state index is -0.922. The Labute approximate surface area is 113 Å². The molecule has 4 nitrogen and oxygen atoms in total. The van der Waals surface area contributed by atoms with Crippen LogP contribution in [0, 0.1) is 5.82 Å². The third kappa shape index (κ3) is 3.67. The van der Waals surface area contributed by atoms with Gasteiger partial charge in [-0.15, -0.1) is 0 Å². The van der Waals surface area contributed by atoms with Gasteiger partial charge in [-0.2, -0.15) is 0 Å². The second kappa shape index (κ2) is 6.52. The average molecular weight is 268 g/mol. The predicted molar refractivity (Wildman–Crippen MR) is 73.7 cm³/mol. The molecule has 1 aromatic rings. The van der Waals surface area contributed by atoms with Crippen molar-refractivity contribution in [3.8, 4) is 5.75 Å². The molecule has 0 spiro atoms. The van der Waals surface area contributed by atoms with Gasteiger partial charge in [0.15, 0.2) is 11.6 Å². The van der Waals surface area contributed by atoms with Crippen LogP contribution in [0.15, 0.2) is 18.2 Å². The molecule has 0 aliphatic carbocycles. The molecule has 0 saturated carbocycles. The van der Waals surface area contributed by atoms with E-state index in [1.165, 1.54) is 12.1 Å². The molecule has 0 bridgehead atoms. The molecule has 5 heteroatoms. The molecule has 1 amide bonds. The Bertz CT molecular complexity index is 445. The molecule has 0 aromatic heterocycles. The van der Waals surface area contributed by atoms with E-state index >= 15 is 0 Å². The first-order chi connectivity index (χ1) is 8.96. The van der Waals surface area contributed by atoms with Gasteiger partial charge < -0.3 is 15.8 Å². The topological polar surface area (TPSA) is 64.3 Å². The number of carbonyl (C=O) groups excluding carboxylic acids is 1. The number of benzene rings is 1. The van der Waals surface area contributed by atoms with E-state index in [2.05, 4.69) is 5.32 Å². The van der Waals surface area contributed by atoms with E-state index in [1.807, 2.05) is 13.8 Å². The van der Waals surface area contributed by atoms with Gasteiger partial charge in [0.1, 0.15) is 0 Å². The van der Waals surface area contributed by atoms with Gasteiger partial charge in [-0.25, -0.2) is 4.39 Å². The van der Waals surface area contributed by atoms with Crippen LogP contribution in [0.25, 0.3) is 0 Å². The third-order valence-electron chi connectivity index (χ3n) is 3.20. The van der Waals surface area contributed by atoms with Gasteiger partial charge in [-0.1, -0.05) is 13.8 Å². The van der Waals surface area contributed by atoms with Crippen molar-refractivity contribution in [1.29, 1.82) is 0 Å². The van der Waals surface area contributed by atoms with E-state index in [1.54, 1.807) is 13.0 Å². The number of rotatable bonds is 6. The maximum atomic E-state index is 13.6. The second-order valence-corrected chi connectivity index (χ2v) is 4.40. The van der Waals surface area contributed by atoms with Gasteiger partial charge in [-0.05, 0) is 31.9 Å². The van der Waals surface area contributed by atoms with Crippen LogP contribution >= 0.6 is 0 Å². The fourth-order valence-electron chi connectivity index (χ4n) is 1.68. The molecule has 1 rings (SSSR count). The fourth-order valence-corrected chi connectivity index (χ4v) is 1.68. The monoisotopic (exact) mass is 268 g/mol. The molecule has 0 fully saturated rings. The number of amides is 1. The zero-order valence-electron chi connectivity index (χ0n) is 11.6. The lowest BCUT2D eigenvalue weighted by atomic mass is 9.93. The van der Waals surface area contributed by atoms with E-state index in [9.17, 15) is 9.18 Å². The second-order valence-electron chi connectivity index (χ2n) is 4.40. The summed E-state index contributed by atoms with van der Waals surface area (Å²) in [6, 6.07) is 4.32. The molecule has 19 heavy (non-hydrogen) atoms. The molecule has 0 atom stereocenters. The van der Waals surface area contributed by atoms with Crippen molar-refractivity contribution in [2.75, 3.05) is 11.9 Å². The van der Waals surface area contributed by atoms with E-state index in [4.69, 9.17) is 10.5 Å². The summed E-state index contributed by atoms with van der Waals surface area (Å²) in [4.78, 5) is 12.0. The summed E-state index contributed by atoms with van der Waals surface area (Å²) in [6.45, 7) is 5.87. The number of hydrogen-bond acceptors (Lipinski definition) is 3. The Morgan fingerprint density at radius 1 is 1.37 bits per heavy atom. The first kappa shape index (κ1) is 15.4.